The lowest BCUT2D eigenvalue weighted by Gasteiger charge is -2.03. The number of nitriles is 1. The highest BCUT2D eigenvalue weighted by Gasteiger charge is 2.13. The number of benzene rings is 2. The minimum absolute atomic E-state index is 0.0231. The number of halogens is 1. The predicted molar refractivity (Wildman–Crippen MR) is 98.3 cm³/mol. The lowest BCUT2D eigenvalue weighted by atomic mass is 10.0. The van der Waals surface area contributed by atoms with E-state index in [1.807, 2.05) is 37.3 Å². The van der Waals surface area contributed by atoms with Crippen LogP contribution in [-0.2, 0) is 0 Å². The number of nitrogens with zero attached hydrogens (tertiary/aromatic N) is 1. The number of aryl methyl sites for hydroxylation is 1. The Bertz CT molecular complexity index is 994. The first-order valence-electron chi connectivity index (χ1n) is 7.66. The monoisotopic (exact) mass is 347 g/mol. The summed E-state index contributed by atoms with van der Waals surface area (Å²) in [5, 5.41) is 9.94. The molecule has 0 saturated heterocycles. The molecule has 0 spiro atoms. The summed E-state index contributed by atoms with van der Waals surface area (Å²) in [7, 11) is 0. The molecule has 0 radical (unpaired) electrons. The van der Waals surface area contributed by atoms with Gasteiger partial charge in [0.1, 0.15) is 23.2 Å². The molecule has 0 aliphatic rings. The topological polar surface area (TPSA) is 54.0 Å². The van der Waals surface area contributed by atoms with Gasteiger partial charge in [0, 0.05) is 22.2 Å². The molecule has 0 aliphatic carbocycles. The average Bonchev–Trinajstić information content (AvgIpc) is 3.10. The fraction of sp³-hybridized carbons (Fsp3) is 0.0476. The Kier molecular flexibility index (Phi) is 4.83. The van der Waals surface area contributed by atoms with E-state index in [-0.39, 0.29) is 11.4 Å². The molecule has 3 rings (SSSR count). The van der Waals surface area contributed by atoms with Gasteiger partial charge in [0.15, 0.2) is 0 Å². The third-order valence-electron chi connectivity index (χ3n) is 3.78. The highest BCUT2D eigenvalue weighted by Crippen LogP contribution is 2.29. The third kappa shape index (κ3) is 3.71. The van der Waals surface area contributed by atoms with E-state index >= 15 is 0 Å². The van der Waals surface area contributed by atoms with Crippen molar-refractivity contribution in [3.05, 3.63) is 88.1 Å². The Morgan fingerprint density at radius 1 is 1.12 bits per heavy atom. The van der Waals surface area contributed by atoms with Crippen molar-refractivity contribution >= 4 is 23.5 Å². The molecule has 1 aromatic heterocycles. The van der Waals surface area contributed by atoms with E-state index in [0.29, 0.717) is 22.1 Å². The van der Waals surface area contributed by atoms with E-state index in [9.17, 15) is 10.1 Å². The number of furan rings is 1. The van der Waals surface area contributed by atoms with E-state index in [4.69, 9.17) is 16.0 Å². The largest absolute Gasteiger partial charge is 0.457 e. The van der Waals surface area contributed by atoms with Gasteiger partial charge in [-0.25, -0.2) is 0 Å². The van der Waals surface area contributed by atoms with Gasteiger partial charge < -0.3 is 4.42 Å². The number of carbonyl (C=O) groups excluding carboxylic acids is 1. The number of ketones is 1. The lowest BCUT2D eigenvalue weighted by molar-refractivity contribution is 0.104. The normalized spacial score (nSPS) is 11.2. The molecule has 3 nitrogen and oxygen atoms in total. The van der Waals surface area contributed by atoms with Crippen molar-refractivity contribution in [1.29, 1.82) is 5.26 Å². The Labute approximate surface area is 150 Å². The molecular formula is C21H14ClNO2. The molecule has 0 aliphatic heterocycles. The van der Waals surface area contributed by atoms with E-state index < -0.39 is 0 Å². The molecule has 4 heteroatoms. The van der Waals surface area contributed by atoms with E-state index in [1.165, 1.54) is 6.08 Å². The molecule has 25 heavy (non-hydrogen) atoms. The Balaban J connectivity index is 1.94. The van der Waals surface area contributed by atoms with Gasteiger partial charge in [0.05, 0.1) is 0 Å². The molecule has 0 unspecified atom stereocenters. The summed E-state index contributed by atoms with van der Waals surface area (Å²) in [4.78, 5) is 12.4. The molecular weight excluding hydrogens is 334 g/mol. The van der Waals surface area contributed by atoms with E-state index in [1.54, 1.807) is 36.4 Å². The Morgan fingerprint density at radius 3 is 2.60 bits per heavy atom. The van der Waals surface area contributed by atoms with Crippen LogP contribution in [0.15, 0.2) is 70.7 Å². The maximum atomic E-state index is 12.4. The number of allylic oxidation sites excluding steroid dienone is 1. The molecule has 122 valence electrons. The standard InChI is InChI=1S/C21H14ClNO2/c1-14-7-8-17(22)12-19(14)20-10-9-18(25-20)11-16(13-23)21(24)15-5-3-2-4-6-15/h2-12H,1H3/b16-11+. The minimum Gasteiger partial charge on any atom is -0.457 e. The van der Waals surface area contributed by atoms with Gasteiger partial charge in [0.2, 0.25) is 5.78 Å². The summed E-state index contributed by atoms with van der Waals surface area (Å²) < 4.78 is 5.79. The van der Waals surface area contributed by atoms with Crippen LogP contribution >= 0.6 is 11.6 Å². The zero-order valence-corrected chi connectivity index (χ0v) is 14.2. The van der Waals surface area contributed by atoms with Gasteiger partial charge in [-0.3, -0.25) is 4.79 Å². The summed E-state index contributed by atoms with van der Waals surface area (Å²) >= 11 is 6.05. The van der Waals surface area contributed by atoms with Crippen molar-refractivity contribution < 1.29 is 9.21 Å². The van der Waals surface area contributed by atoms with Crippen LogP contribution in [0.3, 0.4) is 0 Å². The summed E-state index contributed by atoms with van der Waals surface area (Å²) in [6.07, 6.45) is 1.46. The van der Waals surface area contributed by atoms with Crippen LogP contribution in [-0.4, -0.2) is 5.78 Å². The van der Waals surface area contributed by atoms with Crippen molar-refractivity contribution in [2.75, 3.05) is 0 Å². The highest BCUT2D eigenvalue weighted by atomic mass is 35.5. The molecule has 2 aromatic carbocycles. The lowest BCUT2D eigenvalue weighted by Crippen LogP contribution is -2.01. The predicted octanol–water partition coefficient (Wildman–Crippen LogP) is 5.70. The van der Waals surface area contributed by atoms with Gasteiger partial charge >= 0.3 is 0 Å². The second-order valence-corrected chi connectivity index (χ2v) is 5.96. The minimum atomic E-state index is -0.333. The molecule has 1 heterocycles. The molecule has 0 bridgehead atoms. The summed E-state index contributed by atoms with van der Waals surface area (Å²) in [6, 6.07) is 19.7. The quantitative estimate of drug-likeness (QED) is 0.345. The number of hydrogen-bond acceptors (Lipinski definition) is 3. The molecule has 0 fully saturated rings. The van der Waals surface area contributed by atoms with Crippen molar-refractivity contribution in [2.24, 2.45) is 0 Å². The van der Waals surface area contributed by atoms with Crippen molar-refractivity contribution in [1.82, 2.24) is 0 Å². The molecule has 0 saturated carbocycles. The molecule has 3 aromatic rings. The first-order chi connectivity index (χ1) is 12.1. The molecule has 0 N–H and O–H groups in total. The molecule has 0 amide bonds. The summed E-state index contributed by atoms with van der Waals surface area (Å²) in [5.41, 5.74) is 2.39. The molecule has 0 atom stereocenters. The van der Waals surface area contributed by atoms with E-state index in [0.717, 1.165) is 11.1 Å². The highest BCUT2D eigenvalue weighted by molar-refractivity contribution is 6.30. The van der Waals surface area contributed by atoms with Crippen LogP contribution in [0.2, 0.25) is 5.02 Å². The second kappa shape index (κ2) is 7.21. The first-order valence-corrected chi connectivity index (χ1v) is 8.04. The van der Waals surface area contributed by atoms with Crippen LogP contribution in [0, 0.1) is 18.3 Å². The van der Waals surface area contributed by atoms with Gasteiger partial charge in [-0.15, -0.1) is 0 Å². The summed E-state index contributed by atoms with van der Waals surface area (Å²) in [6.45, 7) is 1.96. The Morgan fingerprint density at radius 2 is 1.88 bits per heavy atom. The summed E-state index contributed by atoms with van der Waals surface area (Å²) in [5.74, 6) is 0.742. The van der Waals surface area contributed by atoms with Crippen molar-refractivity contribution in [3.8, 4) is 17.4 Å². The zero-order valence-electron chi connectivity index (χ0n) is 13.5. The fourth-order valence-electron chi connectivity index (χ4n) is 2.47. The number of Topliss-reactive ketones (excluding diaryl/α,β-unsaturated/α-hetero) is 1. The fourth-order valence-corrected chi connectivity index (χ4v) is 2.64. The van der Waals surface area contributed by atoms with Crippen LogP contribution < -0.4 is 0 Å². The van der Waals surface area contributed by atoms with Gasteiger partial charge in [-0.1, -0.05) is 48.0 Å². The maximum absolute atomic E-state index is 12.4. The van der Waals surface area contributed by atoms with Crippen LogP contribution in [0.25, 0.3) is 17.4 Å². The number of carbonyl (C=O) groups is 1. The smallest absolute Gasteiger partial charge is 0.203 e. The van der Waals surface area contributed by atoms with Gasteiger partial charge in [0.25, 0.3) is 0 Å². The maximum Gasteiger partial charge on any atom is 0.203 e. The van der Waals surface area contributed by atoms with Crippen LogP contribution in [0.1, 0.15) is 21.7 Å². The van der Waals surface area contributed by atoms with Crippen molar-refractivity contribution in [2.45, 2.75) is 6.92 Å². The second-order valence-electron chi connectivity index (χ2n) is 5.53. The van der Waals surface area contributed by atoms with Crippen LogP contribution in [0.5, 0.6) is 0 Å². The van der Waals surface area contributed by atoms with Gasteiger partial charge in [-0.2, -0.15) is 5.26 Å². The first kappa shape index (κ1) is 16.8. The zero-order chi connectivity index (χ0) is 17.8. The SMILES string of the molecule is Cc1ccc(Cl)cc1-c1ccc(/C=C(\C#N)C(=O)c2ccccc2)o1. The Hall–Kier alpha value is -3.09. The van der Waals surface area contributed by atoms with Gasteiger partial charge in [-0.05, 0) is 36.8 Å². The number of hydrogen-bond donors (Lipinski definition) is 0. The van der Waals surface area contributed by atoms with Crippen LogP contribution in [0.4, 0.5) is 0 Å². The van der Waals surface area contributed by atoms with E-state index in [2.05, 4.69) is 0 Å². The average molecular weight is 348 g/mol. The third-order valence-corrected chi connectivity index (χ3v) is 4.01. The number of rotatable bonds is 4. The van der Waals surface area contributed by atoms with Crippen molar-refractivity contribution in [3.63, 3.8) is 0 Å².